The minimum absolute atomic E-state index is 1.11. The van der Waals surface area contributed by atoms with Crippen LogP contribution in [0.3, 0.4) is 0 Å². The van der Waals surface area contributed by atoms with Crippen molar-refractivity contribution in [2.75, 3.05) is 76.0 Å². The van der Waals surface area contributed by atoms with Crippen LogP contribution < -0.4 is 0 Å². The van der Waals surface area contributed by atoms with Gasteiger partial charge in [0, 0.05) is 5.56 Å². The van der Waals surface area contributed by atoms with Gasteiger partial charge in [-0.25, -0.2) is 0 Å². The number of quaternary nitrogens is 3. The van der Waals surface area contributed by atoms with Gasteiger partial charge in [0.2, 0.25) is 0 Å². The average Bonchev–Trinajstić information content (AvgIpc) is 2.90. The Kier molecular flexibility index (Phi) is 24.9. The van der Waals surface area contributed by atoms with Gasteiger partial charge < -0.3 is 13.4 Å². The number of nitrogens with zero attached hydrogens (tertiary/aromatic N) is 3. The molecule has 0 saturated heterocycles. The van der Waals surface area contributed by atoms with Gasteiger partial charge in [0.25, 0.3) is 0 Å². The van der Waals surface area contributed by atoms with E-state index in [-0.39, 0.29) is 0 Å². The van der Waals surface area contributed by atoms with Gasteiger partial charge in [-0.1, -0.05) is 127 Å². The highest BCUT2D eigenvalue weighted by atomic mass is 15.3. The summed E-state index contributed by atoms with van der Waals surface area (Å²) < 4.78 is 3.33. The molecule has 1 aromatic carbocycles. The maximum absolute atomic E-state index is 2.37. The maximum atomic E-state index is 2.37. The van der Waals surface area contributed by atoms with Crippen LogP contribution in [0, 0.1) is 0 Å². The van der Waals surface area contributed by atoms with E-state index in [0.29, 0.717) is 0 Å². The number of hydrogen-bond acceptors (Lipinski definition) is 0. The number of hydrogen-bond donors (Lipinski definition) is 0. The first kappa shape index (κ1) is 41.1. The third-order valence-corrected chi connectivity index (χ3v) is 8.48. The topological polar surface area (TPSA) is 0 Å². The third-order valence-electron chi connectivity index (χ3n) is 8.48. The van der Waals surface area contributed by atoms with E-state index in [9.17, 15) is 0 Å². The van der Waals surface area contributed by atoms with Gasteiger partial charge in [0.1, 0.15) is 6.54 Å². The number of unbranched alkanes of at least 4 members (excludes halogenated alkanes) is 18. The Balaban J connectivity index is 0.00000101. The van der Waals surface area contributed by atoms with E-state index in [0.717, 1.165) is 20.0 Å². The predicted molar refractivity (Wildman–Crippen MR) is 191 cm³/mol. The van der Waals surface area contributed by atoms with Crippen LogP contribution in [-0.4, -0.2) is 89.5 Å². The van der Waals surface area contributed by atoms with Crippen molar-refractivity contribution < 1.29 is 13.4 Å². The molecule has 42 heavy (non-hydrogen) atoms. The minimum Gasteiger partial charge on any atom is -0.331 e. The Morgan fingerprint density at radius 1 is 0.381 bits per heavy atom. The largest absolute Gasteiger partial charge is 0.331 e. The van der Waals surface area contributed by atoms with E-state index in [1.807, 2.05) is 0 Å². The van der Waals surface area contributed by atoms with Crippen LogP contribution in [-0.2, 0) is 6.54 Å². The highest BCUT2D eigenvalue weighted by Gasteiger charge is 2.15. The molecule has 248 valence electrons. The van der Waals surface area contributed by atoms with Gasteiger partial charge in [-0.05, 0) is 38.5 Å². The van der Waals surface area contributed by atoms with Gasteiger partial charge in [-0.2, -0.15) is 0 Å². The zero-order valence-corrected chi connectivity index (χ0v) is 30.7. The van der Waals surface area contributed by atoms with Gasteiger partial charge in [-0.15, -0.1) is 0 Å². The Morgan fingerprint density at radius 3 is 1.02 bits per heavy atom. The molecule has 1 aromatic rings. The van der Waals surface area contributed by atoms with Crippen LogP contribution in [0.5, 0.6) is 0 Å². The lowest BCUT2D eigenvalue weighted by Crippen LogP contribution is -2.39. The molecular formula is C39H80N3+3. The molecule has 0 unspecified atom stereocenters. The number of rotatable bonds is 26. The third kappa shape index (κ3) is 32.0. The first-order valence-corrected chi connectivity index (χ1v) is 18.3. The van der Waals surface area contributed by atoms with Crippen LogP contribution >= 0.6 is 0 Å². The first-order chi connectivity index (χ1) is 19.8. The molecule has 0 fully saturated rings. The van der Waals surface area contributed by atoms with E-state index in [4.69, 9.17) is 0 Å². The summed E-state index contributed by atoms with van der Waals surface area (Å²) in [5.74, 6) is 0. The van der Waals surface area contributed by atoms with Crippen molar-refractivity contribution in [1.29, 1.82) is 0 Å². The Bertz CT molecular complexity index is 666. The van der Waals surface area contributed by atoms with Gasteiger partial charge in [-0.3, -0.25) is 0 Å². The van der Waals surface area contributed by atoms with Gasteiger partial charge in [0.15, 0.2) is 0 Å². The molecule has 0 N–H and O–H groups in total. The lowest BCUT2D eigenvalue weighted by atomic mass is 10.0. The average molecular weight is 591 g/mol. The smallest absolute Gasteiger partial charge is 0.104 e. The molecule has 0 bridgehead atoms. The van der Waals surface area contributed by atoms with Crippen molar-refractivity contribution in [2.24, 2.45) is 0 Å². The second-order valence-electron chi connectivity index (χ2n) is 16.0. The Hall–Kier alpha value is -0.900. The molecule has 0 radical (unpaired) electrons. The van der Waals surface area contributed by atoms with E-state index >= 15 is 0 Å². The van der Waals surface area contributed by atoms with Crippen molar-refractivity contribution >= 4 is 0 Å². The van der Waals surface area contributed by atoms with Crippen molar-refractivity contribution in [3.8, 4) is 0 Å². The first-order valence-electron chi connectivity index (χ1n) is 18.3. The monoisotopic (exact) mass is 591 g/mol. The van der Waals surface area contributed by atoms with Crippen molar-refractivity contribution in [3.63, 3.8) is 0 Å². The van der Waals surface area contributed by atoms with Crippen molar-refractivity contribution in [3.05, 3.63) is 35.9 Å². The second kappa shape index (κ2) is 25.4. The molecular weight excluding hydrogens is 510 g/mol. The maximum Gasteiger partial charge on any atom is 0.104 e. The van der Waals surface area contributed by atoms with E-state index < -0.39 is 0 Å². The lowest BCUT2D eigenvalue weighted by Gasteiger charge is -2.30. The van der Waals surface area contributed by atoms with Crippen LogP contribution in [0.1, 0.15) is 141 Å². The summed E-state index contributed by atoms with van der Waals surface area (Å²) in [6.45, 7) is 7.37. The normalized spacial score (nSPS) is 12.3. The molecule has 0 amide bonds. The molecule has 0 atom stereocenters. The molecule has 0 aliphatic heterocycles. The molecule has 1 rings (SSSR count). The fraction of sp³-hybridized carbons (Fsp3) is 0.846. The SMILES string of the molecule is CCCCCCCCCCCCCCCCCC[N+](C)(C)Cc1ccccc1.C[N+](C)(C)CCCCCC[N+](C)(C)C. The van der Waals surface area contributed by atoms with E-state index in [2.05, 4.69) is 93.6 Å². The molecule has 3 heteroatoms. The predicted octanol–water partition coefficient (Wildman–Crippen LogP) is 10.5. The van der Waals surface area contributed by atoms with E-state index in [1.165, 1.54) is 154 Å². The lowest BCUT2D eigenvalue weighted by molar-refractivity contribution is -0.903. The van der Waals surface area contributed by atoms with Gasteiger partial charge >= 0.3 is 0 Å². The fourth-order valence-corrected chi connectivity index (χ4v) is 5.77. The van der Waals surface area contributed by atoms with Crippen LogP contribution in [0.2, 0.25) is 0 Å². The highest BCUT2D eigenvalue weighted by molar-refractivity contribution is 5.13. The fourth-order valence-electron chi connectivity index (χ4n) is 5.77. The number of benzene rings is 1. The second-order valence-corrected chi connectivity index (χ2v) is 16.0. The molecule has 0 heterocycles. The summed E-state index contributed by atoms with van der Waals surface area (Å²) in [4.78, 5) is 0. The minimum atomic E-state index is 1.11. The summed E-state index contributed by atoms with van der Waals surface area (Å²) in [5, 5.41) is 0. The summed E-state index contributed by atoms with van der Waals surface area (Å²) >= 11 is 0. The molecule has 0 saturated carbocycles. The van der Waals surface area contributed by atoms with Crippen LogP contribution in [0.4, 0.5) is 0 Å². The molecule has 0 aliphatic rings. The molecule has 0 spiro atoms. The highest BCUT2D eigenvalue weighted by Crippen LogP contribution is 2.15. The van der Waals surface area contributed by atoms with Crippen molar-refractivity contribution in [2.45, 2.75) is 142 Å². The molecule has 3 nitrogen and oxygen atoms in total. The summed E-state index contributed by atoms with van der Waals surface area (Å²) in [6, 6.07) is 10.9. The quantitative estimate of drug-likeness (QED) is 0.0743. The summed E-state index contributed by atoms with van der Waals surface area (Å²) in [5.41, 5.74) is 1.46. The Morgan fingerprint density at radius 2 is 0.690 bits per heavy atom. The Labute approximate surface area is 266 Å². The zero-order valence-electron chi connectivity index (χ0n) is 30.7. The molecule has 0 aromatic heterocycles. The summed E-state index contributed by atoms with van der Waals surface area (Å²) in [7, 11) is 18.4. The molecule has 0 aliphatic carbocycles. The van der Waals surface area contributed by atoms with Crippen LogP contribution in [0.25, 0.3) is 0 Å². The van der Waals surface area contributed by atoms with E-state index in [1.54, 1.807) is 0 Å². The standard InChI is InChI=1S/C27H50N.C12H30N2/c1-4-5-6-7-8-9-10-11-12-13-14-15-16-17-18-22-25-28(2,3)26-27-23-20-19-21-24-27;1-13(2,3)11-9-7-8-10-12-14(4,5)6/h19-21,23-24H,4-18,22,25-26H2,1-3H3;7-12H2,1-6H3/q+1;+2. The zero-order chi connectivity index (χ0) is 31.6. The van der Waals surface area contributed by atoms with Crippen molar-refractivity contribution in [1.82, 2.24) is 0 Å². The van der Waals surface area contributed by atoms with Crippen LogP contribution in [0.15, 0.2) is 30.3 Å². The summed E-state index contributed by atoms with van der Waals surface area (Å²) in [6.07, 6.45) is 28.7. The van der Waals surface area contributed by atoms with Gasteiger partial charge in [0.05, 0.1) is 76.0 Å².